The van der Waals surface area contributed by atoms with Crippen molar-refractivity contribution in [3.8, 4) is 0 Å². The zero-order valence-corrected chi connectivity index (χ0v) is 16.5. The summed E-state index contributed by atoms with van der Waals surface area (Å²) in [6.07, 6.45) is -6.18. The minimum absolute atomic E-state index is 0.0577. The Morgan fingerprint density at radius 2 is 1.45 bits per heavy atom. The Hall–Kier alpha value is -2.80. The second-order valence-electron chi connectivity index (χ2n) is 5.95. The molecule has 0 amide bonds. The number of hydrogen-bond donors (Lipinski definition) is 1. The van der Waals surface area contributed by atoms with Crippen LogP contribution in [0.1, 0.15) is 27.7 Å². The molecule has 1 fully saturated rings. The van der Waals surface area contributed by atoms with Gasteiger partial charge in [0.2, 0.25) is 0 Å². The second kappa shape index (κ2) is 11.9. The third-order valence-corrected chi connectivity index (χ3v) is 3.51. The van der Waals surface area contributed by atoms with Gasteiger partial charge in [-0.15, -0.1) is 0 Å². The number of hydrogen-bond acceptors (Lipinski definition) is 11. The summed E-state index contributed by atoms with van der Waals surface area (Å²) in [7, 11) is 0. The van der Waals surface area contributed by atoms with E-state index in [4.69, 9.17) is 34.0 Å². The molecule has 1 aliphatic rings. The predicted molar refractivity (Wildman–Crippen MR) is 91.7 cm³/mol. The van der Waals surface area contributed by atoms with Gasteiger partial charge in [0, 0.05) is 27.7 Å². The monoisotopic (exact) mass is 418 g/mol. The van der Waals surface area contributed by atoms with E-state index < -0.39 is 54.6 Å². The molecule has 0 unspecified atom stereocenters. The molecule has 1 rings (SSSR count). The van der Waals surface area contributed by atoms with Crippen LogP contribution in [0.3, 0.4) is 0 Å². The molecule has 1 saturated heterocycles. The van der Waals surface area contributed by atoms with E-state index in [2.05, 4.69) is 10.6 Å². The van der Waals surface area contributed by atoms with Gasteiger partial charge in [-0.2, -0.15) is 0 Å². The maximum absolute atomic E-state index is 11.6. The van der Waals surface area contributed by atoms with Crippen LogP contribution >= 0.6 is 0 Å². The van der Waals surface area contributed by atoms with Crippen molar-refractivity contribution in [2.75, 3.05) is 19.8 Å². The van der Waals surface area contributed by atoms with E-state index in [1.54, 1.807) is 0 Å². The maximum atomic E-state index is 11.6. The Kier molecular flexibility index (Phi) is 9.96. The van der Waals surface area contributed by atoms with Crippen LogP contribution in [0.2, 0.25) is 0 Å². The largest absolute Gasteiger partial charge is 0.463 e. The first kappa shape index (κ1) is 24.2. The van der Waals surface area contributed by atoms with Gasteiger partial charge in [0.05, 0.1) is 6.61 Å². The molecule has 0 spiro atoms. The molecular formula is C16H24N3O10-. The standard InChI is InChI=1S/C16H24N3O10/c1-8(20)25-7-12-13(26-9(2)21)14(27-10(3)22)15(28-11(4)23)16(29-12)24-6-5-18-19-17/h12-16H,5-7H2,1-4H3,(H-,17,18)/q-1/t12-,13-,14-,15-,16+/m0/s1. The lowest BCUT2D eigenvalue weighted by atomic mass is 9.98. The Bertz CT molecular complexity index is 614. The van der Waals surface area contributed by atoms with E-state index in [-0.39, 0.29) is 19.8 Å². The fraction of sp³-hybridized carbons (Fsp3) is 0.750. The van der Waals surface area contributed by atoms with Gasteiger partial charge in [-0.1, -0.05) is 0 Å². The molecule has 1 heterocycles. The van der Waals surface area contributed by atoms with Crippen molar-refractivity contribution in [2.24, 2.45) is 5.22 Å². The van der Waals surface area contributed by atoms with Crippen molar-refractivity contribution >= 4 is 23.9 Å². The zero-order chi connectivity index (χ0) is 22.0. The normalized spacial score (nSPS) is 26.0. The van der Waals surface area contributed by atoms with Crippen LogP contribution in [-0.2, 0) is 47.6 Å². The summed E-state index contributed by atoms with van der Waals surface area (Å²) in [6, 6.07) is 0. The van der Waals surface area contributed by atoms with Gasteiger partial charge < -0.3 is 39.4 Å². The predicted octanol–water partition coefficient (Wildman–Crippen LogP) is -0.388. The number of ether oxygens (including phenoxy) is 6. The molecule has 0 radical (unpaired) electrons. The van der Waals surface area contributed by atoms with Crippen molar-refractivity contribution in [1.82, 2.24) is 5.43 Å². The van der Waals surface area contributed by atoms with E-state index in [1.807, 2.05) is 0 Å². The number of esters is 4. The van der Waals surface area contributed by atoms with Gasteiger partial charge in [0.25, 0.3) is 0 Å². The van der Waals surface area contributed by atoms with E-state index in [9.17, 15) is 19.2 Å². The minimum Gasteiger partial charge on any atom is -0.463 e. The quantitative estimate of drug-likeness (QED) is 0.161. The van der Waals surface area contributed by atoms with Crippen molar-refractivity contribution in [3.63, 3.8) is 0 Å². The van der Waals surface area contributed by atoms with Crippen molar-refractivity contribution in [3.05, 3.63) is 5.53 Å². The highest BCUT2D eigenvalue weighted by Gasteiger charge is 2.52. The van der Waals surface area contributed by atoms with Crippen molar-refractivity contribution in [1.29, 1.82) is 0 Å². The Balaban J connectivity index is 3.19. The molecule has 0 aliphatic carbocycles. The second-order valence-corrected chi connectivity index (χ2v) is 5.95. The third kappa shape index (κ3) is 8.39. The molecule has 0 saturated carbocycles. The SMILES string of the molecule is CC(=O)OC[C@@H]1O[C@@H](OCCNN=[N-])[C@@H](OC(C)=O)[C@@H](OC(C)=O)[C@H]1OC(C)=O. The highest BCUT2D eigenvalue weighted by molar-refractivity contribution is 5.68. The Morgan fingerprint density at radius 3 is 1.97 bits per heavy atom. The molecule has 0 aromatic carbocycles. The van der Waals surface area contributed by atoms with Crippen LogP contribution in [0.15, 0.2) is 5.22 Å². The van der Waals surface area contributed by atoms with Crippen molar-refractivity contribution in [2.45, 2.75) is 58.4 Å². The fourth-order valence-electron chi connectivity index (χ4n) is 2.59. The first-order valence-corrected chi connectivity index (χ1v) is 8.64. The summed E-state index contributed by atoms with van der Waals surface area (Å²) in [6.45, 7) is 4.21. The Labute approximate surface area is 166 Å². The fourth-order valence-corrected chi connectivity index (χ4v) is 2.59. The van der Waals surface area contributed by atoms with Gasteiger partial charge in [-0.3, -0.25) is 24.4 Å². The van der Waals surface area contributed by atoms with E-state index in [1.165, 1.54) is 6.92 Å². The highest BCUT2D eigenvalue weighted by atomic mass is 16.7. The van der Waals surface area contributed by atoms with E-state index in [0.717, 1.165) is 20.8 Å². The maximum Gasteiger partial charge on any atom is 0.303 e. The lowest BCUT2D eigenvalue weighted by Crippen LogP contribution is -2.63. The van der Waals surface area contributed by atoms with Gasteiger partial charge in [-0.05, 0) is 6.54 Å². The average molecular weight is 418 g/mol. The molecule has 0 bridgehead atoms. The number of nitrogens with zero attached hydrogens (tertiary/aromatic N) is 2. The molecule has 29 heavy (non-hydrogen) atoms. The van der Waals surface area contributed by atoms with Crippen LogP contribution in [0.25, 0.3) is 5.53 Å². The topological polar surface area (TPSA) is 170 Å². The van der Waals surface area contributed by atoms with Gasteiger partial charge in [-0.25, -0.2) is 0 Å². The summed E-state index contributed by atoms with van der Waals surface area (Å²) in [5.41, 5.74) is 10.6. The summed E-state index contributed by atoms with van der Waals surface area (Å²) >= 11 is 0. The zero-order valence-electron chi connectivity index (χ0n) is 16.5. The lowest BCUT2D eigenvalue weighted by molar-refractivity contribution is -0.307. The first-order valence-electron chi connectivity index (χ1n) is 8.64. The molecule has 1 N–H and O–H groups in total. The average Bonchev–Trinajstić information content (AvgIpc) is 2.60. The molecule has 13 nitrogen and oxygen atoms in total. The molecule has 0 aromatic heterocycles. The molecule has 164 valence electrons. The Morgan fingerprint density at radius 1 is 0.897 bits per heavy atom. The third-order valence-electron chi connectivity index (χ3n) is 3.51. The van der Waals surface area contributed by atoms with Crippen LogP contribution in [0.5, 0.6) is 0 Å². The van der Waals surface area contributed by atoms with Crippen LogP contribution in [-0.4, -0.2) is 74.3 Å². The molecule has 5 atom stereocenters. The van der Waals surface area contributed by atoms with Gasteiger partial charge in [0.1, 0.15) is 12.7 Å². The smallest absolute Gasteiger partial charge is 0.303 e. The van der Waals surface area contributed by atoms with E-state index in [0.29, 0.717) is 0 Å². The van der Waals surface area contributed by atoms with E-state index >= 15 is 0 Å². The number of nitrogens with one attached hydrogen (secondary N) is 1. The van der Waals surface area contributed by atoms with Crippen LogP contribution in [0.4, 0.5) is 0 Å². The summed E-state index contributed by atoms with van der Waals surface area (Å²) in [5, 5.41) is 2.71. The number of carbonyl (C=O) groups excluding carboxylic acids is 4. The minimum atomic E-state index is -1.30. The molecule has 0 aromatic rings. The first-order chi connectivity index (χ1) is 13.6. The molecule has 13 heteroatoms. The van der Waals surface area contributed by atoms with Crippen LogP contribution in [0, 0.1) is 0 Å². The van der Waals surface area contributed by atoms with Crippen molar-refractivity contribution < 1.29 is 47.6 Å². The number of rotatable bonds is 10. The van der Waals surface area contributed by atoms with Gasteiger partial charge in [0.15, 0.2) is 24.6 Å². The lowest BCUT2D eigenvalue weighted by Gasteiger charge is -2.44. The summed E-state index contributed by atoms with van der Waals surface area (Å²) in [4.78, 5) is 46.0. The highest BCUT2D eigenvalue weighted by Crippen LogP contribution is 2.29. The molecule has 1 aliphatic heterocycles. The van der Waals surface area contributed by atoms with Gasteiger partial charge >= 0.3 is 23.9 Å². The summed E-state index contributed by atoms with van der Waals surface area (Å²) in [5.74, 6) is -2.81. The number of carbonyl (C=O) groups is 4. The molecular weight excluding hydrogens is 394 g/mol. The van der Waals surface area contributed by atoms with Crippen LogP contribution < -0.4 is 5.43 Å². The summed E-state index contributed by atoms with van der Waals surface area (Å²) < 4.78 is 31.8.